The van der Waals surface area contributed by atoms with E-state index in [-0.39, 0.29) is 6.10 Å². The molecule has 5 aromatic rings. The van der Waals surface area contributed by atoms with Gasteiger partial charge in [0.15, 0.2) is 5.65 Å². The summed E-state index contributed by atoms with van der Waals surface area (Å²) in [4.78, 5) is 16.6. The zero-order valence-electron chi connectivity index (χ0n) is 17.8. The van der Waals surface area contributed by atoms with Gasteiger partial charge in [-0.25, -0.2) is 9.50 Å². The molecule has 5 rings (SSSR count). The third kappa shape index (κ3) is 3.46. The highest BCUT2D eigenvalue weighted by molar-refractivity contribution is 6.11. The normalized spacial score (nSPS) is 11.3. The van der Waals surface area contributed by atoms with Gasteiger partial charge in [-0.05, 0) is 53.9 Å². The standard InChI is InChI=1S/C26H22N4O2/c1-16(2)32-19-9-7-17(8-10-19)18-13-28-26-24(14-29-30(26)15-18)22-11-12-23(25(27)31)21-6-4-3-5-20(21)22/h3-16H,1-2H3,(H2,27,31). The maximum atomic E-state index is 11.9. The van der Waals surface area contributed by atoms with E-state index in [9.17, 15) is 4.79 Å². The van der Waals surface area contributed by atoms with E-state index in [2.05, 4.69) is 5.10 Å². The summed E-state index contributed by atoms with van der Waals surface area (Å²) in [6, 6.07) is 19.3. The predicted octanol–water partition coefficient (Wildman–Crippen LogP) is 5.10. The molecule has 0 spiro atoms. The number of hydrogen-bond donors (Lipinski definition) is 1. The number of rotatable bonds is 5. The van der Waals surface area contributed by atoms with Crippen molar-refractivity contribution in [3.05, 3.63) is 84.8 Å². The molecular weight excluding hydrogens is 400 g/mol. The van der Waals surface area contributed by atoms with Gasteiger partial charge >= 0.3 is 0 Å². The lowest BCUT2D eigenvalue weighted by Gasteiger charge is -2.10. The van der Waals surface area contributed by atoms with Gasteiger partial charge in [0.05, 0.1) is 12.3 Å². The summed E-state index contributed by atoms with van der Waals surface area (Å²) in [5, 5.41) is 6.29. The van der Waals surface area contributed by atoms with Gasteiger partial charge in [0, 0.05) is 29.1 Å². The van der Waals surface area contributed by atoms with E-state index in [0.717, 1.165) is 44.4 Å². The third-order valence-corrected chi connectivity index (χ3v) is 5.40. The van der Waals surface area contributed by atoms with Crippen LogP contribution in [0.1, 0.15) is 24.2 Å². The van der Waals surface area contributed by atoms with Crippen LogP contribution in [0.2, 0.25) is 0 Å². The highest BCUT2D eigenvalue weighted by Crippen LogP contribution is 2.33. The second-order valence-electron chi connectivity index (χ2n) is 7.93. The molecule has 2 heterocycles. The van der Waals surface area contributed by atoms with Crippen LogP contribution in [-0.4, -0.2) is 26.6 Å². The Kier molecular flexibility index (Phi) is 4.82. The van der Waals surface area contributed by atoms with E-state index in [0.29, 0.717) is 5.56 Å². The van der Waals surface area contributed by atoms with Crippen molar-refractivity contribution in [2.75, 3.05) is 0 Å². The number of nitrogens with zero attached hydrogens (tertiary/aromatic N) is 3. The molecule has 158 valence electrons. The fourth-order valence-electron chi connectivity index (χ4n) is 3.96. The number of aromatic nitrogens is 3. The van der Waals surface area contributed by atoms with Crippen LogP contribution >= 0.6 is 0 Å². The zero-order valence-corrected chi connectivity index (χ0v) is 17.8. The van der Waals surface area contributed by atoms with Crippen molar-refractivity contribution in [2.45, 2.75) is 20.0 Å². The van der Waals surface area contributed by atoms with E-state index in [4.69, 9.17) is 15.5 Å². The Hall–Kier alpha value is -4.19. The Labute approximate surface area is 185 Å². The van der Waals surface area contributed by atoms with Gasteiger partial charge < -0.3 is 10.5 Å². The number of carbonyl (C=O) groups excluding carboxylic acids is 1. The molecule has 1 amide bonds. The van der Waals surface area contributed by atoms with Crippen molar-refractivity contribution in [3.8, 4) is 28.0 Å². The average Bonchev–Trinajstić information content (AvgIpc) is 3.21. The van der Waals surface area contributed by atoms with Crippen LogP contribution in [0.25, 0.3) is 38.7 Å². The van der Waals surface area contributed by atoms with Crippen molar-refractivity contribution in [2.24, 2.45) is 5.73 Å². The largest absolute Gasteiger partial charge is 0.491 e. The van der Waals surface area contributed by atoms with Gasteiger partial charge in [0.1, 0.15) is 5.75 Å². The van der Waals surface area contributed by atoms with Crippen LogP contribution in [-0.2, 0) is 0 Å². The Morgan fingerprint density at radius 2 is 1.66 bits per heavy atom. The SMILES string of the molecule is CC(C)Oc1ccc(-c2cnc3c(-c4ccc(C(N)=O)c5ccccc45)cnn3c2)cc1. The number of benzene rings is 3. The predicted molar refractivity (Wildman–Crippen MR) is 126 cm³/mol. The highest BCUT2D eigenvalue weighted by atomic mass is 16.5. The molecule has 6 nitrogen and oxygen atoms in total. The quantitative estimate of drug-likeness (QED) is 0.427. The van der Waals surface area contributed by atoms with Gasteiger partial charge in [-0.15, -0.1) is 0 Å². The molecule has 0 unspecified atom stereocenters. The number of ether oxygens (including phenoxy) is 1. The van der Waals surface area contributed by atoms with Crippen LogP contribution < -0.4 is 10.5 Å². The highest BCUT2D eigenvalue weighted by Gasteiger charge is 2.15. The van der Waals surface area contributed by atoms with E-state index in [1.807, 2.05) is 80.8 Å². The van der Waals surface area contributed by atoms with Crippen molar-refractivity contribution >= 4 is 22.3 Å². The first kappa shape index (κ1) is 19.8. The minimum atomic E-state index is -0.444. The van der Waals surface area contributed by atoms with Crippen LogP contribution in [0, 0.1) is 0 Å². The fourth-order valence-corrected chi connectivity index (χ4v) is 3.96. The smallest absolute Gasteiger partial charge is 0.249 e. The second-order valence-corrected chi connectivity index (χ2v) is 7.93. The first-order valence-corrected chi connectivity index (χ1v) is 10.4. The maximum absolute atomic E-state index is 11.9. The molecule has 0 aliphatic heterocycles. The molecule has 2 N–H and O–H groups in total. The Morgan fingerprint density at radius 3 is 2.38 bits per heavy atom. The summed E-state index contributed by atoms with van der Waals surface area (Å²) in [6.45, 7) is 4.01. The summed E-state index contributed by atoms with van der Waals surface area (Å²) in [7, 11) is 0. The number of fused-ring (bicyclic) bond motifs is 2. The molecule has 0 radical (unpaired) electrons. The number of hydrogen-bond acceptors (Lipinski definition) is 4. The van der Waals surface area contributed by atoms with E-state index >= 15 is 0 Å². The minimum Gasteiger partial charge on any atom is -0.491 e. The molecule has 2 aromatic heterocycles. The van der Waals surface area contributed by atoms with Gasteiger partial charge in [0.2, 0.25) is 5.91 Å². The summed E-state index contributed by atoms with van der Waals surface area (Å²) in [6.07, 6.45) is 5.75. The second kappa shape index (κ2) is 7.81. The first-order chi connectivity index (χ1) is 15.5. The molecule has 32 heavy (non-hydrogen) atoms. The van der Waals surface area contributed by atoms with Crippen LogP contribution in [0.4, 0.5) is 0 Å². The lowest BCUT2D eigenvalue weighted by atomic mass is 9.96. The number of primary amides is 1. The van der Waals surface area contributed by atoms with Gasteiger partial charge in [-0.1, -0.05) is 42.5 Å². The van der Waals surface area contributed by atoms with E-state index in [1.165, 1.54) is 0 Å². The number of amides is 1. The number of carbonyl (C=O) groups is 1. The fraction of sp³-hybridized carbons (Fsp3) is 0.115. The molecule has 0 saturated carbocycles. The third-order valence-electron chi connectivity index (χ3n) is 5.40. The monoisotopic (exact) mass is 422 g/mol. The van der Waals surface area contributed by atoms with Gasteiger partial charge in [-0.2, -0.15) is 5.10 Å². The topological polar surface area (TPSA) is 82.5 Å². The van der Waals surface area contributed by atoms with E-state index < -0.39 is 5.91 Å². The van der Waals surface area contributed by atoms with Crippen molar-refractivity contribution < 1.29 is 9.53 Å². The van der Waals surface area contributed by atoms with E-state index in [1.54, 1.807) is 16.8 Å². The van der Waals surface area contributed by atoms with Gasteiger partial charge in [0.25, 0.3) is 0 Å². The lowest BCUT2D eigenvalue weighted by molar-refractivity contribution is 0.100. The van der Waals surface area contributed by atoms with Crippen LogP contribution in [0.15, 0.2) is 79.3 Å². The molecule has 0 aliphatic rings. The number of nitrogens with two attached hydrogens (primary N) is 1. The van der Waals surface area contributed by atoms with Crippen molar-refractivity contribution in [1.29, 1.82) is 0 Å². The molecule has 6 heteroatoms. The Morgan fingerprint density at radius 1 is 0.906 bits per heavy atom. The maximum Gasteiger partial charge on any atom is 0.249 e. The Balaban J connectivity index is 1.57. The van der Waals surface area contributed by atoms with Crippen LogP contribution in [0.5, 0.6) is 5.75 Å². The summed E-state index contributed by atoms with van der Waals surface area (Å²) in [5.41, 5.74) is 10.6. The molecule has 0 fully saturated rings. The zero-order chi connectivity index (χ0) is 22.2. The van der Waals surface area contributed by atoms with Crippen LogP contribution in [0.3, 0.4) is 0 Å². The minimum absolute atomic E-state index is 0.134. The van der Waals surface area contributed by atoms with Crippen molar-refractivity contribution in [3.63, 3.8) is 0 Å². The Bertz CT molecular complexity index is 1450. The summed E-state index contributed by atoms with van der Waals surface area (Å²) in [5.74, 6) is 0.394. The first-order valence-electron chi connectivity index (χ1n) is 10.4. The molecule has 0 atom stereocenters. The molecule has 0 bridgehead atoms. The lowest BCUT2D eigenvalue weighted by Crippen LogP contribution is -2.11. The molecular formula is C26H22N4O2. The summed E-state index contributed by atoms with van der Waals surface area (Å²) < 4.78 is 7.50. The summed E-state index contributed by atoms with van der Waals surface area (Å²) >= 11 is 0. The molecule has 0 saturated heterocycles. The average molecular weight is 422 g/mol. The molecule has 3 aromatic carbocycles. The van der Waals surface area contributed by atoms with Gasteiger partial charge in [-0.3, -0.25) is 4.79 Å². The molecule has 0 aliphatic carbocycles. The van der Waals surface area contributed by atoms with Crippen molar-refractivity contribution in [1.82, 2.24) is 14.6 Å².